The molecule has 24 heavy (non-hydrogen) atoms. The fourth-order valence-electron chi connectivity index (χ4n) is 2.07. The second-order valence-corrected chi connectivity index (χ2v) is 5.53. The second-order valence-electron chi connectivity index (χ2n) is 4.67. The maximum atomic E-state index is 13.5. The zero-order chi connectivity index (χ0) is 17.9. The molecule has 0 aliphatic rings. The van der Waals surface area contributed by atoms with E-state index < -0.39 is 35.6 Å². The van der Waals surface area contributed by atoms with Crippen LogP contribution in [0.15, 0.2) is 34.9 Å². The molecule has 0 unspecified atom stereocenters. The summed E-state index contributed by atoms with van der Waals surface area (Å²) in [7, 11) is 0. The van der Waals surface area contributed by atoms with Crippen molar-refractivity contribution in [3.63, 3.8) is 0 Å². The third-order valence-corrected chi connectivity index (χ3v) is 3.70. The van der Waals surface area contributed by atoms with Gasteiger partial charge in [0.05, 0.1) is 24.1 Å². The van der Waals surface area contributed by atoms with Gasteiger partial charge in [-0.1, -0.05) is 12.1 Å². The van der Waals surface area contributed by atoms with E-state index in [0.29, 0.717) is 9.15 Å². The number of benzene rings is 1. The van der Waals surface area contributed by atoms with Crippen LogP contribution in [0, 0.1) is 0 Å². The molecule has 0 atom stereocenters. The summed E-state index contributed by atoms with van der Waals surface area (Å²) < 4.78 is 46.0. The van der Waals surface area contributed by atoms with Crippen molar-refractivity contribution in [2.45, 2.75) is 19.5 Å². The molecule has 0 saturated carbocycles. The number of nitrogens with zero attached hydrogens (tertiary/aromatic N) is 2. The summed E-state index contributed by atoms with van der Waals surface area (Å²) in [5, 5.41) is 3.68. The van der Waals surface area contributed by atoms with E-state index in [1.54, 1.807) is 18.2 Å². The van der Waals surface area contributed by atoms with Gasteiger partial charge in [0.2, 0.25) is 0 Å². The molecule has 0 aliphatic heterocycles. The highest BCUT2D eigenvalue weighted by atomic mass is 79.9. The molecule has 5 nitrogen and oxygen atoms in total. The molecular formula is C15H12BrF3N2O3. The predicted octanol–water partition coefficient (Wildman–Crippen LogP) is 3.79. The lowest BCUT2D eigenvalue weighted by molar-refractivity contribution is -0.144. The summed E-state index contributed by atoms with van der Waals surface area (Å²) in [6.07, 6.45) is -4.80. The number of aromatic nitrogens is 2. The number of Topliss-reactive ketones (excluding diaryl/α,β-unsaturated/α-hetero) is 1. The van der Waals surface area contributed by atoms with Gasteiger partial charge >= 0.3 is 12.1 Å². The number of ketones is 1. The Hall–Kier alpha value is -2.16. The molecule has 0 fully saturated rings. The summed E-state index contributed by atoms with van der Waals surface area (Å²) in [5.41, 5.74) is -1.78. The predicted molar refractivity (Wildman–Crippen MR) is 81.8 cm³/mol. The normalized spacial score (nSPS) is 11.4. The van der Waals surface area contributed by atoms with Crippen LogP contribution in [-0.2, 0) is 15.7 Å². The Morgan fingerprint density at radius 1 is 1.29 bits per heavy atom. The number of ether oxygens (including phenoxy) is 1. The standard InChI is InChI=1S/C15H12BrF3N2O3/c1-2-24-13(23)7-12(22)9-8-20-21(14(9)15(17,18)19)11-6-4-3-5-10(11)16/h3-6,8H,2,7H2,1H3. The number of alkyl halides is 3. The Labute approximate surface area is 143 Å². The van der Waals surface area contributed by atoms with Crippen LogP contribution in [0.3, 0.4) is 0 Å². The Morgan fingerprint density at radius 3 is 2.54 bits per heavy atom. The van der Waals surface area contributed by atoms with E-state index in [0.717, 1.165) is 6.20 Å². The number of para-hydroxylation sites is 1. The molecule has 0 saturated heterocycles. The highest BCUT2D eigenvalue weighted by Crippen LogP contribution is 2.35. The molecule has 1 heterocycles. The van der Waals surface area contributed by atoms with E-state index in [1.165, 1.54) is 13.0 Å². The van der Waals surface area contributed by atoms with Crippen LogP contribution in [-0.4, -0.2) is 28.1 Å². The lowest BCUT2D eigenvalue weighted by Gasteiger charge is -2.13. The van der Waals surface area contributed by atoms with Crippen LogP contribution < -0.4 is 0 Å². The van der Waals surface area contributed by atoms with E-state index in [4.69, 9.17) is 0 Å². The third-order valence-electron chi connectivity index (χ3n) is 3.03. The van der Waals surface area contributed by atoms with Gasteiger partial charge in [-0.15, -0.1) is 0 Å². The second kappa shape index (κ2) is 7.16. The lowest BCUT2D eigenvalue weighted by Crippen LogP contribution is -2.19. The van der Waals surface area contributed by atoms with Crippen LogP contribution >= 0.6 is 15.9 Å². The van der Waals surface area contributed by atoms with E-state index in [1.807, 2.05) is 0 Å². The monoisotopic (exact) mass is 404 g/mol. The molecular weight excluding hydrogens is 393 g/mol. The number of esters is 1. The molecule has 2 rings (SSSR count). The van der Waals surface area contributed by atoms with Gasteiger partial charge in [-0.3, -0.25) is 9.59 Å². The van der Waals surface area contributed by atoms with Gasteiger partial charge in [0, 0.05) is 4.47 Å². The van der Waals surface area contributed by atoms with Gasteiger partial charge < -0.3 is 4.74 Å². The summed E-state index contributed by atoms with van der Waals surface area (Å²) in [5.74, 6) is -1.89. The number of rotatable bonds is 5. The average molecular weight is 405 g/mol. The van der Waals surface area contributed by atoms with Crippen molar-refractivity contribution in [2.24, 2.45) is 0 Å². The first-order valence-electron chi connectivity index (χ1n) is 6.84. The maximum Gasteiger partial charge on any atom is 0.434 e. The van der Waals surface area contributed by atoms with E-state index in [2.05, 4.69) is 25.8 Å². The van der Waals surface area contributed by atoms with Crippen molar-refractivity contribution < 1.29 is 27.5 Å². The first kappa shape index (κ1) is 18.2. The maximum absolute atomic E-state index is 13.5. The number of halogens is 4. The van der Waals surface area contributed by atoms with Crippen molar-refractivity contribution in [1.29, 1.82) is 0 Å². The first-order chi connectivity index (χ1) is 11.3. The summed E-state index contributed by atoms with van der Waals surface area (Å²) in [6, 6.07) is 6.16. The van der Waals surface area contributed by atoms with Crippen LogP contribution in [0.2, 0.25) is 0 Å². The smallest absolute Gasteiger partial charge is 0.434 e. The topological polar surface area (TPSA) is 61.2 Å². The number of hydrogen-bond acceptors (Lipinski definition) is 4. The highest BCUT2D eigenvalue weighted by Gasteiger charge is 2.41. The minimum atomic E-state index is -4.83. The molecule has 9 heteroatoms. The minimum Gasteiger partial charge on any atom is -0.466 e. The van der Waals surface area contributed by atoms with E-state index >= 15 is 0 Å². The molecule has 0 spiro atoms. The Bertz CT molecular complexity index is 772. The fraction of sp³-hybridized carbons (Fsp3) is 0.267. The van der Waals surface area contributed by atoms with Crippen molar-refractivity contribution in [1.82, 2.24) is 9.78 Å². The molecule has 0 radical (unpaired) electrons. The van der Waals surface area contributed by atoms with Crippen LogP contribution in [0.1, 0.15) is 29.4 Å². The number of carbonyl (C=O) groups is 2. The van der Waals surface area contributed by atoms with Gasteiger partial charge in [0.25, 0.3) is 0 Å². The van der Waals surface area contributed by atoms with Crippen LogP contribution in [0.5, 0.6) is 0 Å². The van der Waals surface area contributed by atoms with Crippen LogP contribution in [0.4, 0.5) is 13.2 Å². The van der Waals surface area contributed by atoms with E-state index in [9.17, 15) is 22.8 Å². The Morgan fingerprint density at radius 2 is 1.96 bits per heavy atom. The average Bonchev–Trinajstić information content (AvgIpc) is 2.92. The molecule has 1 aromatic heterocycles. The van der Waals surface area contributed by atoms with Crippen molar-refractivity contribution >= 4 is 27.7 Å². The van der Waals surface area contributed by atoms with Crippen molar-refractivity contribution in [3.8, 4) is 5.69 Å². The minimum absolute atomic E-state index is 0.0362. The first-order valence-corrected chi connectivity index (χ1v) is 7.64. The van der Waals surface area contributed by atoms with E-state index in [-0.39, 0.29) is 12.3 Å². The quantitative estimate of drug-likeness (QED) is 0.432. The summed E-state index contributed by atoms with van der Waals surface area (Å²) in [6.45, 7) is 1.57. The summed E-state index contributed by atoms with van der Waals surface area (Å²) in [4.78, 5) is 23.4. The van der Waals surface area contributed by atoms with Gasteiger partial charge in [-0.25, -0.2) is 4.68 Å². The Kier molecular flexibility index (Phi) is 5.43. The molecule has 0 amide bonds. The Balaban J connectivity index is 2.50. The molecule has 2 aromatic rings. The molecule has 0 aliphatic carbocycles. The van der Waals surface area contributed by atoms with Crippen molar-refractivity contribution in [3.05, 3.63) is 46.2 Å². The SMILES string of the molecule is CCOC(=O)CC(=O)c1cnn(-c2ccccc2Br)c1C(F)(F)F. The summed E-state index contributed by atoms with van der Waals surface area (Å²) >= 11 is 3.15. The zero-order valence-corrected chi connectivity index (χ0v) is 14.0. The fourth-order valence-corrected chi connectivity index (χ4v) is 2.52. The molecule has 1 aromatic carbocycles. The lowest BCUT2D eigenvalue weighted by atomic mass is 10.1. The van der Waals surface area contributed by atoms with Crippen molar-refractivity contribution in [2.75, 3.05) is 6.61 Å². The highest BCUT2D eigenvalue weighted by molar-refractivity contribution is 9.10. The number of carbonyl (C=O) groups excluding carboxylic acids is 2. The largest absolute Gasteiger partial charge is 0.466 e. The third kappa shape index (κ3) is 3.84. The zero-order valence-electron chi connectivity index (χ0n) is 12.4. The van der Waals surface area contributed by atoms with Crippen LogP contribution in [0.25, 0.3) is 5.69 Å². The van der Waals surface area contributed by atoms with Gasteiger partial charge in [0.15, 0.2) is 11.5 Å². The van der Waals surface area contributed by atoms with Gasteiger partial charge in [-0.2, -0.15) is 18.3 Å². The molecule has 0 bridgehead atoms. The van der Waals surface area contributed by atoms with Gasteiger partial charge in [0.1, 0.15) is 6.42 Å². The van der Waals surface area contributed by atoms with Gasteiger partial charge in [-0.05, 0) is 35.0 Å². The number of hydrogen-bond donors (Lipinski definition) is 0. The molecule has 128 valence electrons. The molecule has 0 N–H and O–H groups in total.